The lowest BCUT2D eigenvalue weighted by molar-refractivity contribution is 0.637. The second-order valence-corrected chi connectivity index (χ2v) is 4.06. The van der Waals surface area contributed by atoms with Gasteiger partial charge in [0.1, 0.15) is 11.8 Å². The molecule has 0 aromatic carbocycles. The van der Waals surface area contributed by atoms with Crippen LogP contribution in [0, 0.1) is 11.3 Å². The third kappa shape index (κ3) is 2.94. The molecule has 0 spiro atoms. The first kappa shape index (κ1) is 10.9. The smallest absolute Gasteiger partial charge is 0.142 e. The number of hydrogen-bond acceptors (Lipinski definition) is 4. The summed E-state index contributed by atoms with van der Waals surface area (Å²) in [7, 11) is 0. The highest BCUT2D eigenvalue weighted by molar-refractivity contribution is 5.46. The van der Waals surface area contributed by atoms with Crippen LogP contribution in [0.4, 0.5) is 5.69 Å². The maximum Gasteiger partial charge on any atom is 0.142 e. The topological polar surface area (TPSA) is 60.7 Å². The second kappa shape index (κ2) is 5.47. The third-order valence-corrected chi connectivity index (χ3v) is 2.82. The van der Waals surface area contributed by atoms with Crippen molar-refractivity contribution in [3.8, 4) is 6.07 Å². The Bertz CT molecular complexity index is 375. The molecule has 0 bridgehead atoms. The van der Waals surface area contributed by atoms with Gasteiger partial charge < -0.3 is 10.6 Å². The van der Waals surface area contributed by atoms with E-state index in [0.29, 0.717) is 11.7 Å². The zero-order valence-electron chi connectivity index (χ0n) is 9.24. The Morgan fingerprint density at radius 3 is 3.25 bits per heavy atom. The van der Waals surface area contributed by atoms with E-state index < -0.39 is 0 Å². The molecule has 84 valence electrons. The highest BCUT2D eigenvalue weighted by atomic mass is 14.9. The van der Waals surface area contributed by atoms with Crippen LogP contribution in [0.15, 0.2) is 18.3 Å². The molecular formula is C12H16N4. The van der Waals surface area contributed by atoms with Gasteiger partial charge in [0, 0.05) is 17.9 Å². The van der Waals surface area contributed by atoms with Crippen molar-refractivity contribution in [2.45, 2.75) is 25.3 Å². The van der Waals surface area contributed by atoms with Crippen molar-refractivity contribution in [2.75, 3.05) is 18.4 Å². The van der Waals surface area contributed by atoms with Gasteiger partial charge in [-0.3, -0.25) is 0 Å². The molecule has 1 aromatic heterocycles. The Hall–Kier alpha value is -1.60. The summed E-state index contributed by atoms with van der Waals surface area (Å²) in [6, 6.07) is 6.28. The van der Waals surface area contributed by atoms with Crippen molar-refractivity contribution in [1.82, 2.24) is 10.3 Å². The molecule has 0 saturated carbocycles. The largest absolute Gasteiger partial charge is 0.382 e. The Morgan fingerprint density at radius 1 is 1.44 bits per heavy atom. The molecule has 4 heteroatoms. The molecular weight excluding hydrogens is 200 g/mol. The average molecular weight is 216 g/mol. The quantitative estimate of drug-likeness (QED) is 0.786. The van der Waals surface area contributed by atoms with Crippen LogP contribution >= 0.6 is 0 Å². The number of anilines is 1. The molecule has 1 aromatic rings. The van der Waals surface area contributed by atoms with E-state index in [0.717, 1.165) is 25.2 Å². The standard InChI is InChI=1S/C12H16N4/c13-9-12-8-11(4-7-15-12)16-10-2-1-5-14-6-3-10/h4,7-8,10,14H,1-3,5-6H2,(H,15,16). The zero-order valence-corrected chi connectivity index (χ0v) is 9.24. The number of pyridine rings is 1. The number of rotatable bonds is 2. The molecule has 16 heavy (non-hydrogen) atoms. The van der Waals surface area contributed by atoms with Crippen molar-refractivity contribution >= 4 is 5.69 Å². The van der Waals surface area contributed by atoms with Crippen molar-refractivity contribution in [1.29, 1.82) is 5.26 Å². The SMILES string of the molecule is N#Cc1cc(NC2CCCNCC2)ccn1. The summed E-state index contributed by atoms with van der Waals surface area (Å²) in [6.07, 6.45) is 5.19. The normalized spacial score (nSPS) is 20.8. The van der Waals surface area contributed by atoms with Gasteiger partial charge in [-0.25, -0.2) is 4.98 Å². The van der Waals surface area contributed by atoms with Crippen LogP contribution in [-0.4, -0.2) is 24.1 Å². The van der Waals surface area contributed by atoms with Crippen molar-refractivity contribution in [3.05, 3.63) is 24.0 Å². The van der Waals surface area contributed by atoms with Crippen LogP contribution in [0.3, 0.4) is 0 Å². The highest BCUT2D eigenvalue weighted by Crippen LogP contribution is 2.14. The number of nitrogens with zero attached hydrogens (tertiary/aromatic N) is 2. The fourth-order valence-corrected chi connectivity index (χ4v) is 1.98. The van der Waals surface area contributed by atoms with Gasteiger partial charge in [-0.15, -0.1) is 0 Å². The highest BCUT2D eigenvalue weighted by Gasteiger charge is 2.11. The van der Waals surface area contributed by atoms with E-state index in [4.69, 9.17) is 5.26 Å². The van der Waals surface area contributed by atoms with Gasteiger partial charge in [0.05, 0.1) is 0 Å². The van der Waals surface area contributed by atoms with E-state index in [2.05, 4.69) is 21.7 Å². The van der Waals surface area contributed by atoms with Crippen molar-refractivity contribution in [2.24, 2.45) is 0 Å². The van der Waals surface area contributed by atoms with Crippen LogP contribution < -0.4 is 10.6 Å². The number of nitriles is 1. The summed E-state index contributed by atoms with van der Waals surface area (Å²) >= 11 is 0. The predicted octanol–water partition coefficient (Wildman–Crippen LogP) is 1.51. The molecule has 4 nitrogen and oxygen atoms in total. The molecule has 1 atom stereocenters. The monoisotopic (exact) mass is 216 g/mol. The first-order valence-electron chi connectivity index (χ1n) is 5.72. The van der Waals surface area contributed by atoms with Crippen molar-refractivity contribution < 1.29 is 0 Å². The second-order valence-electron chi connectivity index (χ2n) is 4.06. The summed E-state index contributed by atoms with van der Waals surface area (Å²) in [5.74, 6) is 0. The van der Waals surface area contributed by atoms with Gasteiger partial charge in [0.2, 0.25) is 0 Å². The molecule has 1 fully saturated rings. The molecule has 2 rings (SSSR count). The van der Waals surface area contributed by atoms with Gasteiger partial charge in [0.15, 0.2) is 0 Å². The van der Waals surface area contributed by atoms with Crippen LogP contribution in [0.2, 0.25) is 0 Å². The van der Waals surface area contributed by atoms with Gasteiger partial charge in [0.25, 0.3) is 0 Å². The summed E-state index contributed by atoms with van der Waals surface area (Å²) < 4.78 is 0. The lowest BCUT2D eigenvalue weighted by Crippen LogP contribution is -2.21. The summed E-state index contributed by atoms with van der Waals surface area (Å²) in [5.41, 5.74) is 1.47. The Kier molecular flexibility index (Phi) is 3.73. The minimum atomic E-state index is 0.469. The van der Waals surface area contributed by atoms with E-state index in [-0.39, 0.29) is 0 Å². The average Bonchev–Trinajstić information content (AvgIpc) is 2.58. The fourth-order valence-electron chi connectivity index (χ4n) is 1.98. The zero-order chi connectivity index (χ0) is 11.2. The van der Waals surface area contributed by atoms with Crippen LogP contribution in [0.25, 0.3) is 0 Å². The summed E-state index contributed by atoms with van der Waals surface area (Å²) in [6.45, 7) is 2.17. The van der Waals surface area contributed by atoms with Crippen LogP contribution in [0.1, 0.15) is 25.0 Å². The van der Waals surface area contributed by atoms with E-state index in [1.807, 2.05) is 6.07 Å². The maximum absolute atomic E-state index is 8.76. The lowest BCUT2D eigenvalue weighted by Gasteiger charge is -2.17. The first-order valence-corrected chi connectivity index (χ1v) is 5.72. The molecule has 1 aliphatic rings. The van der Waals surface area contributed by atoms with E-state index in [1.54, 1.807) is 12.3 Å². The van der Waals surface area contributed by atoms with E-state index in [1.165, 1.54) is 12.8 Å². The van der Waals surface area contributed by atoms with Crippen LogP contribution in [0.5, 0.6) is 0 Å². The number of hydrogen-bond donors (Lipinski definition) is 2. The number of aromatic nitrogens is 1. The van der Waals surface area contributed by atoms with Crippen molar-refractivity contribution in [3.63, 3.8) is 0 Å². The molecule has 1 aliphatic heterocycles. The molecule has 0 amide bonds. The molecule has 1 unspecified atom stereocenters. The molecule has 1 saturated heterocycles. The van der Waals surface area contributed by atoms with E-state index in [9.17, 15) is 0 Å². The minimum Gasteiger partial charge on any atom is -0.382 e. The third-order valence-electron chi connectivity index (χ3n) is 2.82. The lowest BCUT2D eigenvalue weighted by atomic mass is 10.1. The van der Waals surface area contributed by atoms with Gasteiger partial charge in [-0.2, -0.15) is 5.26 Å². The Labute approximate surface area is 95.7 Å². The van der Waals surface area contributed by atoms with Gasteiger partial charge in [-0.05, 0) is 44.5 Å². The van der Waals surface area contributed by atoms with Gasteiger partial charge >= 0.3 is 0 Å². The molecule has 0 aliphatic carbocycles. The summed E-state index contributed by atoms with van der Waals surface area (Å²) in [5, 5.41) is 15.6. The Balaban J connectivity index is 1.99. The number of nitrogens with one attached hydrogen (secondary N) is 2. The minimum absolute atomic E-state index is 0.469. The molecule has 0 radical (unpaired) electrons. The first-order chi connectivity index (χ1) is 7.88. The Morgan fingerprint density at radius 2 is 2.38 bits per heavy atom. The predicted molar refractivity (Wildman–Crippen MR) is 63.1 cm³/mol. The summed E-state index contributed by atoms with van der Waals surface area (Å²) in [4.78, 5) is 3.96. The maximum atomic E-state index is 8.76. The van der Waals surface area contributed by atoms with Crippen LogP contribution in [-0.2, 0) is 0 Å². The molecule has 2 heterocycles. The van der Waals surface area contributed by atoms with E-state index >= 15 is 0 Å². The van der Waals surface area contributed by atoms with Gasteiger partial charge in [-0.1, -0.05) is 0 Å². The fraction of sp³-hybridized carbons (Fsp3) is 0.500. The molecule has 2 N–H and O–H groups in total.